The van der Waals surface area contributed by atoms with Crippen LogP contribution in [0.1, 0.15) is 33.6 Å². The Balaban J connectivity index is 1.36. The summed E-state index contributed by atoms with van der Waals surface area (Å²) in [6.07, 6.45) is 0. The molecule has 3 aromatic carbocycles. The largest absolute Gasteiger partial charge is 0.508 e. The van der Waals surface area contributed by atoms with Gasteiger partial charge in [0.15, 0.2) is 0 Å². The highest BCUT2D eigenvalue weighted by Crippen LogP contribution is 2.54. The number of imide groups is 1. The van der Waals surface area contributed by atoms with Crippen molar-refractivity contribution in [3.63, 3.8) is 0 Å². The van der Waals surface area contributed by atoms with Crippen LogP contribution in [0.15, 0.2) is 82.6 Å². The van der Waals surface area contributed by atoms with Crippen molar-refractivity contribution in [2.24, 2.45) is 5.92 Å². The van der Waals surface area contributed by atoms with Crippen molar-refractivity contribution in [1.82, 2.24) is 4.57 Å². The molecule has 0 radical (unpaired) electrons. The van der Waals surface area contributed by atoms with E-state index in [1.54, 1.807) is 43.3 Å². The van der Waals surface area contributed by atoms with Crippen molar-refractivity contribution in [3.8, 4) is 5.75 Å². The SMILES string of the molecule is CCOC(=O)c1ccc(N2C(=O)C3Sc4c(sc(=O)n4CC(=O)Nc4ccc(Cl)cc4)[C@@H](c4ccc(O)cc4)C3C2=O)cc1. The Morgan fingerprint density at radius 3 is 2.30 bits per heavy atom. The summed E-state index contributed by atoms with van der Waals surface area (Å²) in [6.45, 7) is 1.60. The molecule has 3 amide bonds. The monoisotopic (exact) mass is 649 g/mol. The van der Waals surface area contributed by atoms with Crippen molar-refractivity contribution in [2.75, 3.05) is 16.8 Å². The Labute approximate surface area is 264 Å². The van der Waals surface area contributed by atoms with E-state index in [0.717, 1.165) is 28.0 Å². The lowest BCUT2D eigenvalue weighted by Gasteiger charge is -2.30. The molecule has 2 aliphatic heterocycles. The summed E-state index contributed by atoms with van der Waals surface area (Å²) in [5.74, 6) is -3.41. The van der Waals surface area contributed by atoms with Gasteiger partial charge in [-0.3, -0.25) is 23.7 Å². The van der Waals surface area contributed by atoms with Crippen molar-refractivity contribution in [1.29, 1.82) is 0 Å². The number of thioether (sulfide) groups is 1. The Morgan fingerprint density at radius 1 is 0.955 bits per heavy atom. The molecule has 1 aromatic heterocycles. The molecule has 0 bridgehead atoms. The van der Waals surface area contributed by atoms with Gasteiger partial charge in [-0.05, 0) is 73.2 Å². The third-order valence-corrected chi connectivity index (χ3v) is 10.2. The van der Waals surface area contributed by atoms with E-state index in [-0.39, 0.29) is 24.5 Å². The lowest BCUT2D eigenvalue weighted by molar-refractivity contribution is -0.122. The van der Waals surface area contributed by atoms with Gasteiger partial charge in [-0.25, -0.2) is 9.69 Å². The summed E-state index contributed by atoms with van der Waals surface area (Å²) in [5, 5.41) is 12.7. The average Bonchev–Trinajstić information content (AvgIpc) is 3.45. The zero-order valence-corrected chi connectivity index (χ0v) is 25.4. The topological polar surface area (TPSA) is 135 Å². The van der Waals surface area contributed by atoms with Gasteiger partial charge in [0.25, 0.3) is 0 Å². The third kappa shape index (κ3) is 5.40. The summed E-state index contributed by atoms with van der Waals surface area (Å²) >= 11 is 7.95. The van der Waals surface area contributed by atoms with Gasteiger partial charge in [-0.1, -0.05) is 46.8 Å². The van der Waals surface area contributed by atoms with E-state index in [9.17, 15) is 29.1 Å². The number of nitrogens with one attached hydrogen (secondary N) is 1. The minimum Gasteiger partial charge on any atom is -0.508 e. The van der Waals surface area contributed by atoms with Crippen molar-refractivity contribution < 1.29 is 29.0 Å². The van der Waals surface area contributed by atoms with Gasteiger partial charge in [-0.15, -0.1) is 0 Å². The number of thiazole rings is 1. The van der Waals surface area contributed by atoms with Crippen LogP contribution in [0.2, 0.25) is 5.02 Å². The molecule has 2 aliphatic rings. The number of rotatable bonds is 7. The van der Waals surface area contributed by atoms with Crippen molar-refractivity contribution in [2.45, 2.75) is 29.7 Å². The first-order valence-electron chi connectivity index (χ1n) is 13.6. The highest BCUT2D eigenvalue weighted by atomic mass is 35.5. The zero-order valence-electron chi connectivity index (χ0n) is 23.1. The zero-order chi connectivity index (χ0) is 31.1. The van der Waals surface area contributed by atoms with Crippen LogP contribution in [0.4, 0.5) is 11.4 Å². The smallest absolute Gasteiger partial charge is 0.338 e. The van der Waals surface area contributed by atoms with Gasteiger partial charge in [0.05, 0.1) is 28.8 Å². The van der Waals surface area contributed by atoms with E-state index in [4.69, 9.17) is 16.3 Å². The molecule has 1 saturated heterocycles. The fourth-order valence-electron chi connectivity index (χ4n) is 5.39. The minimum atomic E-state index is -0.891. The van der Waals surface area contributed by atoms with Crippen LogP contribution < -0.4 is 15.1 Å². The van der Waals surface area contributed by atoms with Gasteiger partial charge >= 0.3 is 10.8 Å². The molecule has 1 fully saturated rings. The molecule has 224 valence electrons. The van der Waals surface area contributed by atoms with E-state index in [2.05, 4.69) is 5.32 Å². The molecule has 2 N–H and O–H groups in total. The third-order valence-electron chi connectivity index (χ3n) is 7.37. The van der Waals surface area contributed by atoms with Crippen LogP contribution in [-0.4, -0.2) is 45.2 Å². The van der Waals surface area contributed by atoms with Crippen LogP contribution in [0.5, 0.6) is 5.75 Å². The number of phenols is 1. The highest BCUT2D eigenvalue weighted by Gasteiger charge is 2.56. The normalized spacial score (nSPS) is 19.0. The van der Waals surface area contributed by atoms with E-state index in [0.29, 0.717) is 31.9 Å². The average molecular weight is 650 g/mol. The number of anilines is 2. The molecule has 13 heteroatoms. The second-order valence-electron chi connectivity index (χ2n) is 10.1. The van der Waals surface area contributed by atoms with Gasteiger partial charge in [0.2, 0.25) is 17.7 Å². The number of aromatic nitrogens is 1. The lowest BCUT2D eigenvalue weighted by atomic mass is 9.83. The maximum Gasteiger partial charge on any atom is 0.338 e. The van der Waals surface area contributed by atoms with Crippen LogP contribution in [0.3, 0.4) is 0 Å². The van der Waals surface area contributed by atoms with E-state index >= 15 is 0 Å². The predicted molar refractivity (Wildman–Crippen MR) is 167 cm³/mol. The number of hydrogen-bond donors (Lipinski definition) is 2. The number of ether oxygens (including phenoxy) is 1. The number of phenolic OH excluding ortho intramolecular Hbond substituents is 1. The molecule has 6 rings (SSSR count). The Morgan fingerprint density at radius 2 is 1.64 bits per heavy atom. The highest BCUT2D eigenvalue weighted by molar-refractivity contribution is 8.00. The summed E-state index contributed by atoms with van der Waals surface area (Å²) < 4.78 is 6.36. The maximum absolute atomic E-state index is 14.0. The van der Waals surface area contributed by atoms with E-state index in [1.165, 1.54) is 41.0 Å². The number of aromatic hydroxyl groups is 1. The Kier molecular flexibility index (Phi) is 8.06. The first kappa shape index (κ1) is 29.7. The van der Waals surface area contributed by atoms with Gasteiger partial charge in [0, 0.05) is 21.5 Å². The molecular weight excluding hydrogens is 626 g/mol. The van der Waals surface area contributed by atoms with Gasteiger partial charge in [0.1, 0.15) is 17.5 Å². The molecule has 10 nitrogen and oxygen atoms in total. The number of benzene rings is 3. The van der Waals surface area contributed by atoms with Crippen molar-refractivity contribution >= 4 is 69.8 Å². The van der Waals surface area contributed by atoms with E-state index < -0.39 is 45.6 Å². The fraction of sp³-hybridized carbons (Fsp3) is 0.194. The molecule has 0 spiro atoms. The van der Waals surface area contributed by atoms with Crippen LogP contribution in [-0.2, 0) is 25.7 Å². The maximum atomic E-state index is 14.0. The van der Waals surface area contributed by atoms with E-state index in [1.807, 2.05) is 0 Å². The molecule has 3 heterocycles. The second-order valence-corrected chi connectivity index (χ2v) is 12.7. The summed E-state index contributed by atoms with van der Waals surface area (Å²) in [4.78, 5) is 67.6. The number of esters is 1. The number of nitrogens with zero attached hydrogens (tertiary/aromatic N) is 2. The Hall–Kier alpha value is -4.39. The molecule has 3 atom stereocenters. The number of fused-ring (bicyclic) bond motifs is 2. The van der Waals surface area contributed by atoms with Gasteiger partial charge in [-0.2, -0.15) is 0 Å². The minimum absolute atomic E-state index is 0.0254. The molecule has 4 aromatic rings. The summed E-state index contributed by atoms with van der Waals surface area (Å²) in [7, 11) is 0. The van der Waals surface area contributed by atoms with Crippen LogP contribution in [0.25, 0.3) is 0 Å². The van der Waals surface area contributed by atoms with Gasteiger partial charge < -0.3 is 15.2 Å². The molecule has 0 aliphatic carbocycles. The number of hydrogen-bond acceptors (Lipinski definition) is 9. The molecule has 44 heavy (non-hydrogen) atoms. The molecule has 0 saturated carbocycles. The molecular formula is C31H24ClN3O7S2. The first-order chi connectivity index (χ1) is 21.2. The van der Waals surface area contributed by atoms with Crippen molar-refractivity contribution in [3.05, 3.63) is 103 Å². The predicted octanol–water partition coefficient (Wildman–Crippen LogP) is 4.88. The Bertz CT molecular complexity index is 1840. The standard InChI is InChI=1S/C31H24ClN3O7S2/c1-2-42-30(40)17-3-11-20(12-4-17)35-27(38)24-23(16-5-13-21(36)14-6-16)26-29(43-25(24)28(35)39)34(31(41)44-26)15-22(37)33-19-9-7-18(32)8-10-19/h3-14,23-25,36H,2,15H2,1H3,(H,33,37)/t23-,24?,25?/m0/s1. The number of halogens is 1. The number of amides is 3. The van der Waals surface area contributed by atoms with Crippen LogP contribution in [0, 0.1) is 5.92 Å². The lowest BCUT2D eigenvalue weighted by Crippen LogP contribution is -2.33. The number of carbonyl (C=O) groups is 4. The fourth-order valence-corrected chi connectivity index (χ4v) is 8.29. The summed E-state index contributed by atoms with van der Waals surface area (Å²) in [6, 6.07) is 18.9. The second kappa shape index (κ2) is 11.9. The van der Waals surface area contributed by atoms with Crippen LogP contribution >= 0.6 is 34.7 Å². The first-order valence-corrected chi connectivity index (χ1v) is 15.6. The number of carbonyl (C=O) groups excluding carboxylic acids is 4. The quantitative estimate of drug-likeness (QED) is 0.214. The summed E-state index contributed by atoms with van der Waals surface area (Å²) in [5.41, 5.74) is 1.73. The molecule has 2 unspecified atom stereocenters.